The average Bonchev–Trinajstić information content (AvgIpc) is 2.88. The normalized spacial score (nSPS) is 11.7. The van der Waals surface area contributed by atoms with Crippen LogP contribution >= 0.6 is 12.4 Å². The van der Waals surface area contributed by atoms with Gasteiger partial charge in [0.15, 0.2) is 0 Å². The van der Waals surface area contributed by atoms with Crippen LogP contribution in [0.5, 0.6) is 0 Å². The molecule has 0 aliphatic heterocycles. The topological polar surface area (TPSA) is 12.0 Å². The smallest absolute Gasteiger partial charge is 0.00489 e. The molecule has 0 spiro atoms. The molecule has 0 radical (unpaired) electrons. The fourth-order valence-corrected chi connectivity index (χ4v) is 5.77. The van der Waals surface area contributed by atoms with Gasteiger partial charge in [0.25, 0.3) is 0 Å². The molecule has 0 saturated heterocycles. The maximum Gasteiger partial charge on any atom is -0.00489 e. The van der Waals surface area contributed by atoms with Crippen LogP contribution in [-0.4, -0.2) is 13.1 Å². The van der Waals surface area contributed by atoms with Gasteiger partial charge in [0.05, 0.1) is 0 Å². The molecule has 1 N–H and O–H groups in total. The molecule has 0 rings (SSSR count). The Labute approximate surface area is 256 Å². The number of hydrogen-bond donors (Lipinski definition) is 1. The summed E-state index contributed by atoms with van der Waals surface area (Å²) in [4.78, 5) is 0. The van der Waals surface area contributed by atoms with E-state index in [1.807, 2.05) is 0 Å². The molecule has 2 heteroatoms. The summed E-state index contributed by atoms with van der Waals surface area (Å²) in [6.45, 7) is 11.9. The highest BCUT2D eigenvalue weighted by Crippen LogP contribution is 2.23. The highest BCUT2D eigenvalue weighted by Gasteiger charge is 2.08. The van der Waals surface area contributed by atoms with Crippen molar-refractivity contribution in [2.75, 3.05) is 13.1 Å². The van der Waals surface area contributed by atoms with E-state index in [4.69, 9.17) is 0 Å². The average molecular weight is 572 g/mol. The highest BCUT2D eigenvalue weighted by molar-refractivity contribution is 5.85. The molecular formula is C37H78ClN. The maximum absolute atomic E-state index is 3.68. The van der Waals surface area contributed by atoms with E-state index >= 15 is 0 Å². The molecule has 0 aromatic heterocycles. The summed E-state index contributed by atoms with van der Waals surface area (Å²) in [6.07, 6.45) is 43.6. The fourth-order valence-electron chi connectivity index (χ4n) is 5.77. The van der Waals surface area contributed by atoms with E-state index in [0.29, 0.717) is 5.41 Å². The van der Waals surface area contributed by atoms with Crippen LogP contribution in [0.4, 0.5) is 0 Å². The molecule has 0 amide bonds. The van der Waals surface area contributed by atoms with Crippen LogP contribution in [0.15, 0.2) is 0 Å². The van der Waals surface area contributed by atoms with Gasteiger partial charge in [0, 0.05) is 0 Å². The summed E-state index contributed by atoms with van der Waals surface area (Å²) in [6, 6.07) is 0. The van der Waals surface area contributed by atoms with Gasteiger partial charge in [0.2, 0.25) is 0 Å². The molecule has 0 atom stereocenters. The van der Waals surface area contributed by atoms with Gasteiger partial charge >= 0.3 is 0 Å². The highest BCUT2D eigenvalue weighted by atomic mass is 35.5. The SMILES string of the molecule is CCCCCCCCCCCCCCCCNCCCCCCCCCCCCCCCCCC(C)(C)C.Cl. The van der Waals surface area contributed by atoms with Crippen LogP contribution in [0.25, 0.3) is 0 Å². The summed E-state index contributed by atoms with van der Waals surface area (Å²) in [5, 5.41) is 3.68. The van der Waals surface area contributed by atoms with Crippen molar-refractivity contribution < 1.29 is 0 Å². The van der Waals surface area contributed by atoms with Crippen molar-refractivity contribution in [2.45, 2.75) is 220 Å². The number of halogens is 1. The molecule has 0 aliphatic rings. The van der Waals surface area contributed by atoms with Crippen LogP contribution in [0.1, 0.15) is 220 Å². The first-order valence-electron chi connectivity index (χ1n) is 18.3. The van der Waals surface area contributed by atoms with E-state index in [9.17, 15) is 0 Å². The Morgan fingerprint density at radius 3 is 0.821 bits per heavy atom. The van der Waals surface area contributed by atoms with Crippen molar-refractivity contribution >= 4 is 12.4 Å². The first-order chi connectivity index (χ1) is 18.6. The van der Waals surface area contributed by atoms with Gasteiger partial charge in [-0.15, -0.1) is 12.4 Å². The quantitative estimate of drug-likeness (QED) is 0.0791. The molecule has 0 unspecified atom stereocenters. The van der Waals surface area contributed by atoms with Gasteiger partial charge in [-0.25, -0.2) is 0 Å². The minimum atomic E-state index is 0. The minimum Gasteiger partial charge on any atom is -0.317 e. The number of unbranched alkanes of at least 4 members (excludes halogenated alkanes) is 27. The predicted molar refractivity (Wildman–Crippen MR) is 184 cm³/mol. The second kappa shape index (κ2) is 34.5. The number of rotatable bonds is 32. The molecule has 238 valence electrons. The Kier molecular flexibility index (Phi) is 36.6. The summed E-state index contributed by atoms with van der Waals surface area (Å²) >= 11 is 0. The first-order valence-corrected chi connectivity index (χ1v) is 18.3. The van der Waals surface area contributed by atoms with Crippen LogP contribution in [0, 0.1) is 5.41 Å². The Morgan fingerprint density at radius 2 is 0.564 bits per heavy atom. The number of nitrogens with one attached hydrogen (secondary N) is 1. The Morgan fingerprint density at radius 1 is 0.333 bits per heavy atom. The van der Waals surface area contributed by atoms with Gasteiger partial charge in [0.1, 0.15) is 0 Å². The maximum atomic E-state index is 3.68. The predicted octanol–water partition coefficient (Wildman–Crippen LogP) is 13.8. The summed E-state index contributed by atoms with van der Waals surface area (Å²) < 4.78 is 0. The molecule has 0 aromatic rings. The Balaban J connectivity index is 0. The molecule has 0 fully saturated rings. The lowest BCUT2D eigenvalue weighted by Gasteiger charge is -2.17. The monoisotopic (exact) mass is 572 g/mol. The van der Waals surface area contributed by atoms with Gasteiger partial charge < -0.3 is 5.32 Å². The van der Waals surface area contributed by atoms with Gasteiger partial charge in [-0.3, -0.25) is 0 Å². The van der Waals surface area contributed by atoms with Crippen LogP contribution < -0.4 is 5.32 Å². The van der Waals surface area contributed by atoms with Crippen molar-refractivity contribution in [3.05, 3.63) is 0 Å². The Hall–Kier alpha value is 0.250. The van der Waals surface area contributed by atoms with Crippen molar-refractivity contribution in [1.29, 1.82) is 0 Å². The standard InChI is InChI=1S/C37H77N.ClH/c1-5-6-7-8-9-10-11-12-17-20-23-26-29-32-35-38-36-33-30-27-24-21-18-15-13-14-16-19-22-25-28-31-34-37(2,3)4;/h38H,5-36H2,1-4H3;1H. The molecule has 0 heterocycles. The van der Waals surface area contributed by atoms with Crippen molar-refractivity contribution in [3.8, 4) is 0 Å². The molecular weight excluding hydrogens is 494 g/mol. The van der Waals surface area contributed by atoms with E-state index < -0.39 is 0 Å². The summed E-state index contributed by atoms with van der Waals surface area (Å²) in [5.41, 5.74) is 0.530. The third kappa shape index (κ3) is 40.5. The molecule has 0 aromatic carbocycles. The minimum absolute atomic E-state index is 0. The Bertz CT molecular complexity index is 416. The van der Waals surface area contributed by atoms with Crippen LogP contribution in [0.2, 0.25) is 0 Å². The summed E-state index contributed by atoms with van der Waals surface area (Å²) in [5.74, 6) is 0. The van der Waals surface area contributed by atoms with Crippen molar-refractivity contribution in [1.82, 2.24) is 5.32 Å². The van der Waals surface area contributed by atoms with E-state index in [1.54, 1.807) is 0 Å². The summed E-state index contributed by atoms with van der Waals surface area (Å²) in [7, 11) is 0. The van der Waals surface area contributed by atoms with Gasteiger partial charge in [-0.1, -0.05) is 201 Å². The van der Waals surface area contributed by atoms with E-state index in [0.717, 1.165) is 0 Å². The lowest BCUT2D eigenvalue weighted by molar-refractivity contribution is 0.356. The zero-order valence-electron chi connectivity index (χ0n) is 28.0. The van der Waals surface area contributed by atoms with E-state index in [1.165, 1.54) is 206 Å². The third-order valence-electron chi connectivity index (χ3n) is 8.49. The molecule has 0 aliphatic carbocycles. The molecule has 0 bridgehead atoms. The molecule has 0 saturated carbocycles. The fraction of sp³-hybridized carbons (Fsp3) is 1.00. The lowest BCUT2D eigenvalue weighted by Crippen LogP contribution is -2.16. The second-order valence-electron chi connectivity index (χ2n) is 14.0. The second-order valence-corrected chi connectivity index (χ2v) is 14.0. The van der Waals surface area contributed by atoms with E-state index in [2.05, 4.69) is 33.0 Å². The largest absolute Gasteiger partial charge is 0.317 e. The van der Waals surface area contributed by atoms with Crippen molar-refractivity contribution in [2.24, 2.45) is 5.41 Å². The zero-order valence-corrected chi connectivity index (χ0v) is 28.9. The lowest BCUT2D eigenvalue weighted by atomic mass is 9.89. The zero-order chi connectivity index (χ0) is 27.8. The van der Waals surface area contributed by atoms with Gasteiger partial charge in [-0.05, 0) is 37.8 Å². The third-order valence-corrected chi connectivity index (χ3v) is 8.49. The first kappa shape index (κ1) is 41.4. The van der Waals surface area contributed by atoms with E-state index in [-0.39, 0.29) is 12.4 Å². The molecule has 39 heavy (non-hydrogen) atoms. The molecule has 1 nitrogen and oxygen atoms in total. The number of hydrogen-bond acceptors (Lipinski definition) is 1. The van der Waals surface area contributed by atoms with Crippen molar-refractivity contribution in [3.63, 3.8) is 0 Å². The van der Waals surface area contributed by atoms with Crippen LogP contribution in [-0.2, 0) is 0 Å². The van der Waals surface area contributed by atoms with Gasteiger partial charge in [-0.2, -0.15) is 0 Å². The van der Waals surface area contributed by atoms with Crippen LogP contribution in [0.3, 0.4) is 0 Å².